The quantitative estimate of drug-likeness (QED) is 0.736. The topological polar surface area (TPSA) is 51.5 Å². The molecule has 0 fully saturated rings. The highest BCUT2D eigenvalue weighted by Crippen LogP contribution is 2.20. The highest BCUT2D eigenvalue weighted by atomic mass is 16.5. The fourth-order valence-electron chi connectivity index (χ4n) is 1.94. The van der Waals surface area contributed by atoms with Crippen LogP contribution in [0.25, 0.3) is 0 Å². The van der Waals surface area contributed by atoms with Gasteiger partial charge in [-0.05, 0) is 33.6 Å². The predicted octanol–water partition coefficient (Wildman–Crippen LogP) is 3.14. The fraction of sp³-hybridized carbons (Fsp3) is 0.667. The molecule has 0 aliphatic heterocycles. The number of aryl methyl sites for hydroxylation is 2. The zero-order valence-electron chi connectivity index (χ0n) is 12.5. The number of rotatable bonds is 8. The number of hydrogen-bond donors (Lipinski definition) is 1. The van der Waals surface area contributed by atoms with E-state index in [-0.39, 0.29) is 5.91 Å². The zero-order chi connectivity index (χ0) is 14.3. The Morgan fingerprint density at radius 3 is 2.42 bits per heavy atom. The van der Waals surface area contributed by atoms with Crippen molar-refractivity contribution in [3.63, 3.8) is 0 Å². The molecule has 0 aliphatic rings. The van der Waals surface area contributed by atoms with Gasteiger partial charge in [-0.3, -0.25) is 4.79 Å². The zero-order valence-corrected chi connectivity index (χ0v) is 12.5. The minimum atomic E-state index is -0.0552. The van der Waals surface area contributed by atoms with Gasteiger partial charge in [0.15, 0.2) is 0 Å². The Bertz CT molecular complexity index is 410. The predicted molar refractivity (Wildman–Crippen MR) is 75.6 cm³/mol. The molecule has 0 radical (unpaired) electrons. The van der Waals surface area contributed by atoms with Crippen molar-refractivity contribution in [1.82, 2.24) is 5.32 Å². The summed E-state index contributed by atoms with van der Waals surface area (Å²) in [5.41, 5.74) is 1.60. The van der Waals surface area contributed by atoms with E-state index in [0.717, 1.165) is 37.2 Å². The lowest BCUT2D eigenvalue weighted by atomic mass is 10.1. The maximum absolute atomic E-state index is 12.0. The largest absolute Gasteiger partial charge is 0.466 e. The molecule has 0 bridgehead atoms. The van der Waals surface area contributed by atoms with E-state index in [1.54, 1.807) is 0 Å². The van der Waals surface area contributed by atoms with Crippen molar-refractivity contribution in [3.05, 3.63) is 22.6 Å². The van der Waals surface area contributed by atoms with Crippen LogP contribution in [0.3, 0.4) is 0 Å². The minimum absolute atomic E-state index is 0.0552. The van der Waals surface area contributed by atoms with E-state index in [1.807, 2.05) is 20.8 Å². The van der Waals surface area contributed by atoms with E-state index in [9.17, 15) is 4.79 Å². The Kier molecular flexibility index (Phi) is 6.64. The smallest absolute Gasteiger partial charge is 0.255 e. The van der Waals surface area contributed by atoms with Crippen molar-refractivity contribution in [1.29, 1.82) is 0 Å². The third kappa shape index (κ3) is 4.71. The Labute approximate surface area is 115 Å². The molecule has 0 unspecified atom stereocenters. The third-order valence-corrected chi connectivity index (χ3v) is 3.18. The Hall–Kier alpha value is -1.29. The third-order valence-electron chi connectivity index (χ3n) is 3.18. The van der Waals surface area contributed by atoms with Crippen LogP contribution in [0.4, 0.5) is 0 Å². The lowest BCUT2D eigenvalue weighted by Crippen LogP contribution is -2.26. The molecule has 4 nitrogen and oxygen atoms in total. The number of unbranched alkanes of at least 4 members (excludes halogenated alkanes) is 1. The van der Waals surface area contributed by atoms with E-state index in [4.69, 9.17) is 9.15 Å². The molecule has 0 saturated heterocycles. The number of amides is 1. The second-order valence-electron chi connectivity index (χ2n) is 4.79. The van der Waals surface area contributed by atoms with Crippen LogP contribution in [0.5, 0.6) is 0 Å². The van der Waals surface area contributed by atoms with Crippen molar-refractivity contribution in [2.45, 2.75) is 47.0 Å². The van der Waals surface area contributed by atoms with Crippen LogP contribution in [-0.2, 0) is 4.74 Å². The van der Waals surface area contributed by atoms with Crippen molar-refractivity contribution < 1.29 is 13.9 Å². The van der Waals surface area contributed by atoms with E-state index in [2.05, 4.69) is 12.2 Å². The van der Waals surface area contributed by atoms with Gasteiger partial charge in [-0.1, -0.05) is 13.3 Å². The van der Waals surface area contributed by atoms with Gasteiger partial charge in [0.1, 0.15) is 11.5 Å². The first-order valence-corrected chi connectivity index (χ1v) is 7.00. The van der Waals surface area contributed by atoms with Crippen LogP contribution in [0.15, 0.2) is 4.42 Å². The first-order chi connectivity index (χ1) is 9.07. The summed E-state index contributed by atoms with van der Waals surface area (Å²) >= 11 is 0. The van der Waals surface area contributed by atoms with E-state index < -0.39 is 0 Å². The van der Waals surface area contributed by atoms with Crippen LogP contribution in [0.2, 0.25) is 0 Å². The molecular formula is C15H25NO3. The summed E-state index contributed by atoms with van der Waals surface area (Å²) in [7, 11) is 0. The molecule has 0 aliphatic carbocycles. The maximum atomic E-state index is 12.0. The van der Waals surface area contributed by atoms with Gasteiger partial charge in [0.05, 0.1) is 5.56 Å². The average molecular weight is 267 g/mol. The van der Waals surface area contributed by atoms with E-state index in [1.165, 1.54) is 0 Å². The summed E-state index contributed by atoms with van der Waals surface area (Å²) in [6, 6.07) is 0. The summed E-state index contributed by atoms with van der Waals surface area (Å²) in [4.78, 5) is 12.0. The first kappa shape index (κ1) is 15.8. The average Bonchev–Trinajstić information content (AvgIpc) is 2.62. The summed E-state index contributed by atoms with van der Waals surface area (Å²) in [5.74, 6) is 1.44. The van der Waals surface area contributed by atoms with Crippen molar-refractivity contribution >= 4 is 5.91 Å². The highest BCUT2D eigenvalue weighted by molar-refractivity contribution is 5.96. The van der Waals surface area contributed by atoms with Gasteiger partial charge in [0, 0.05) is 25.3 Å². The van der Waals surface area contributed by atoms with Crippen molar-refractivity contribution in [3.8, 4) is 0 Å². The molecule has 0 atom stereocenters. The molecule has 0 saturated carbocycles. The number of furan rings is 1. The van der Waals surface area contributed by atoms with Gasteiger partial charge in [-0.2, -0.15) is 0 Å². The van der Waals surface area contributed by atoms with Gasteiger partial charge >= 0.3 is 0 Å². The molecular weight excluding hydrogens is 242 g/mol. The second-order valence-corrected chi connectivity index (χ2v) is 4.79. The molecule has 1 amide bonds. The molecule has 0 aromatic carbocycles. The van der Waals surface area contributed by atoms with Crippen LogP contribution in [0, 0.1) is 20.8 Å². The van der Waals surface area contributed by atoms with Crippen molar-refractivity contribution in [2.24, 2.45) is 0 Å². The minimum Gasteiger partial charge on any atom is -0.466 e. The van der Waals surface area contributed by atoms with Crippen LogP contribution in [0.1, 0.15) is 53.6 Å². The Morgan fingerprint density at radius 1 is 1.16 bits per heavy atom. The molecule has 1 aromatic rings. The molecule has 108 valence electrons. The standard InChI is InChI=1S/C15H25NO3/c1-5-6-9-18-10-7-8-16-15(17)14-11(2)12(3)19-13(14)4/h5-10H2,1-4H3,(H,16,17). The normalized spacial score (nSPS) is 10.7. The van der Waals surface area contributed by atoms with E-state index in [0.29, 0.717) is 24.5 Å². The number of nitrogens with one attached hydrogen (secondary N) is 1. The Balaban J connectivity index is 2.28. The number of carbonyl (C=O) groups excluding carboxylic acids is 1. The van der Waals surface area contributed by atoms with Gasteiger partial charge < -0.3 is 14.5 Å². The van der Waals surface area contributed by atoms with Gasteiger partial charge in [0.2, 0.25) is 0 Å². The molecule has 1 rings (SSSR count). The number of carbonyl (C=O) groups is 1. The van der Waals surface area contributed by atoms with Gasteiger partial charge in [0.25, 0.3) is 5.91 Å². The molecule has 4 heteroatoms. The highest BCUT2D eigenvalue weighted by Gasteiger charge is 2.17. The fourth-order valence-corrected chi connectivity index (χ4v) is 1.94. The monoisotopic (exact) mass is 267 g/mol. The molecule has 1 heterocycles. The Morgan fingerprint density at radius 2 is 1.84 bits per heavy atom. The molecule has 19 heavy (non-hydrogen) atoms. The maximum Gasteiger partial charge on any atom is 0.255 e. The number of hydrogen-bond acceptors (Lipinski definition) is 3. The summed E-state index contributed by atoms with van der Waals surface area (Å²) in [6.07, 6.45) is 3.08. The van der Waals surface area contributed by atoms with Crippen LogP contribution >= 0.6 is 0 Å². The van der Waals surface area contributed by atoms with Crippen LogP contribution < -0.4 is 5.32 Å². The van der Waals surface area contributed by atoms with Gasteiger partial charge in [-0.15, -0.1) is 0 Å². The summed E-state index contributed by atoms with van der Waals surface area (Å²) in [6.45, 7) is 9.89. The number of ether oxygens (including phenoxy) is 1. The lowest BCUT2D eigenvalue weighted by molar-refractivity contribution is 0.0938. The van der Waals surface area contributed by atoms with Crippen LogP contribution in [-0.4, -0.2) is 25.7 Å². The van der Waals surface area contributed by atoms with Gasteiger partial charge in [-0.25, -0.2) is 0 Å². The van der Waals surface area contributed by atoms with Crippen molar-refractivity contribution in [2.75, 3.05) is 19.8 Å². The summed E-state index contributed by atoms with van der Waals surface area (Å²) < 4.78 is 10.9. The second kappa shape index (κ2) is 8.00. The summed E-state index contributed by atoms with van der Waals surface area (Å²) in [5, 5.41) is 2.91. The first-order valence-electron chi connectivity index (χ1n) is 7.00. The molecule has 1 N–H and O–H groups in total. The molecule has 0 spiro atoms. The molecule has 1 aromatic heterocycles. The SMILES string of the molecule is CCCCOCCCNC(=O)c1c(C)oc(C)c1C. The van der Waals surface area contributed by atoms with E-state index >= 15 is 0 Å². The lowest BCUT2D eigenvalue weighted by Gasteiger charge is -2.06.